The maximum atomic E-state index is 6.21. The van der Waals surface area contributed by atoms with E-state index in [0.717, 1.165) is 43.1 Å². The molecule has 0 bridgehead atoms. The van der Waals surface area contributed by atoms with Gasteiger partial charge in [-0.05, 0) is 37.1 Å². The van der Waals surface area contributed by atoms with Crippen molar-refractivity contribution in [1.29, 1.82) is 0 Å². The third-order valence-electron chi connectivity index (χ3n) is 4.78. The summed E-state index contributed by atoms with van der Waals surface area (Å²) in [5.74, 6) is 1.83. The molecule has 4 heteroatoms. The highest BCUT2D eigenvalue weighted by Gasteiger charge is 2.20. The van der Waals surface area contributed by atoms with Crippen LogP contribution in [0.2, 0.25) is 0 Å². The summed E-state index contributed by atoms with van der Waals surface area (Å²) in [6.45, 7) is 5.94. The minimum atomic E-state index is 0.750. The first-order valence-corrected chi connectivity index (χ1v) is 12.9. The Bertz CT molecular complexity index is 858. The van der Waals surface area contributed by atoms with Crippen molar-refractivity contribution in [3.63, 3.8) is 0 Å². The first-order valence-electron chi connectivity index (χ1n) is 10.7. The second kappa shape index (κ2) is 11.9. The molecule has 0 radical (unpaired) electrons. The minimum absolute atomic E-state index is 0.750. The smallest absolute Gasteiger partial charge is 0.301 e. The molecule has 1 heterocycles. The van der Waals surface area contributed by atoms with Crippen LogP contribution in [0.1, 0.15) is 52.4 Å². The first-order chi connectivity index (χ1) is 14.3. The first kappa shape index (κ1) is 21.8. The fraction of sp³-hybridized carbons (Fsp3) is 0.400. The Hall–Kier alpha value is -1.91. The zero-order chi connectivity index (χ0) is 20.3. The molecule has 0 aliphatic heterocycles. The summed E-state index contributed by atoms with van der Waals surface area (Å²) < 4.78 is 12.2. The number of hydrogen-bond acceptors (Lipinski definition) is 3. The summed E-state index contributed by atoms with van der Waals surface area (Å²) in [4.78, 5) is 2.54. The van der Waals surface area contributed by atoms with Crippen molar-refractivity contribution >= 4 is 20.7 Å². The second-order valence-corrected chi connectivity index (χ2v) is 9.39. The van der Waals surface area contributed by atoms with Crippen LogP contribution in [-0.4, -0.2) is 13.2 Å². The van der Waals surface area contributed by atoms with Crippen LogP contribution in [-0.2, 0) is 0 Å². The Balaban J connectivity index is 1.79. The van der Waals surface area contributed by atoms with Crippen molar-refractivity contribution in [2.24, 2.45) is 0 Å². The summed E-state index contributed by atoms with van der Waals surface area (Å²) in [7, 11) is 3.62. The molecular formula is C25H31O2S2+. The van der Waals surface area contributed by atoms with Crippen LogP contribution in [0.3, 0.4) is 0 Å². The number of ether oxygens (including phenoxy) is 2. The molecule has 0 atom stereocenters. The Morgan fingerprint density at radius 1 is 0.793 bits per heavy atom. The minimum Gasteiger partial charge on any atom is -0.493 e. The van der Waals surface area contributed by atoms with E-state index >= 15 is 0 Å². The molecule has 0 amide bonds. The maximum Gasteiger partial charge on any atom is 0.301 e. The van der Waals surface area contributed by atoms with Crippen molar-refractivity contribution in [3.05, 3.63) is 54.6 Å². The number of rotatable bonds is 12. The molecule has 0 fully saturated rings. The highest BCUT2D eigenvalue weighted by Crippen LogP contribution is 2.42. The van der Waals surface area contributed by atoms with Crippen molar-refractivity contribution < 1.29 is 9.47 Å². The van der Waals surface area contributed by atoms with Gasteiger partial charge in [-0.25, -0.2) is 0 Å². The fourth-order valence-electron chi connectivity index (χ4n) is 3.11. The molecule has 0 aliphatic carbocycles. The van der Waals surface area contributed by atoms with E-state index in [9.17, 15) is 0 Å². The van der Waals surface area contributed by atoms with Crippen LogP contribution in [0.15, 0.2) is 54.6 Å². The van der Waals surface area contributed by atoms with E-state index in [-0.39, 0.29) is 0 Å². The Morgan fingerprint density at radius 2 is 1.52 bits per heavy atom. The van der Waals surface area contributed by atoms with Crippen LogP contribution < -0.4 is 9.47 Å². The van der Waals surface area contributed by atoms with Gasteiger partial charge in [-0.1, -0.05) is 57.7 Å². The molecule has 2 aromatic carbocycles. The molecule has 154 valence electrons. The number of unbranched alkanes of at least 4 members (excludes halogenated alkanes) is 4. The van der Waals surface area contributed by atoms with Crippen molar-refractivity contribution in [2.45, 2.75) is 52.4 Å². The Morgan fingerprint density at radius 3 is 2.24 bits per heavy atom. The van der Waals surface area contributed by atoms with E-state index in [4.69, 9.17) is 9.47 Å². The van der Waals surface area contributed by atoms with Crippen molar-refractivity contribution in [1.82, 2.24) is 0 Å². The molecule has 0 unspecified atom stereocenters. The summed E-state index contributed by atoms with van der Waals surface area (Å²) >= 11 is 0. The lowest BCUT2D eigenvalue weighted by molar-refractivity contribution is 0.292. The topological polar surface area (TPSA) is 18.5 Å². The van der Waals surface area contributed by atoms with Crippen LogP contribution in [0.5, 0.6) is 11.5 Å². The predicted octanol–water partition coefficient (Wildman–Crippen LogP) is 8.56. The highest BCUT2D eigenvalue weighted by atomic mass is 32.9. The van der Waals surface area contributed by atoms with E-state index in [0.29, 0.717) is 0 Å². The van der Waals surface area contributed by atoms with Gasteiger partial charge < -0.3 is 9.47 Å². The third-order valence-corrected chi connectivity index (χ3v) is 7.24. The maximum absolute atomic E-state index is 6.21. The van der Waals surface area contributed by atoms with Crippen LogP contribution in [0.4, 0.5) is 0 Å². The van der Waals surface area contributed by atoms with Gasteiger partial charge in [0.2, 0.25) is 0 Å². The average Bonchev–Trinajstić information content (AvgIpc) is 3.25. The van der Waals surface area contributed by atoms with E-state index < -0.39 is 0 Å². The normalized spacial score (nSPS) is 10.8. The summed E-state index contributed by atoms with van der Waals surface area (Å²) in [5, 5.41) is 0. The molecular weight excluding hydrogens is 396 g/mol. The quantitative estimate of drug-likeness (QED) is 0.164. The van der Waals surface area contributed by atoms with Gasteiger partial charge in [0.25, 0.3) is 4.88 Å². The lowest BCUT2D eigenvalue weighted by Crippen LogP contribution is -2.01. The average molecular weight is 428 g/mol. The van der Waals surface area contributed by atoms with Gasteiger partial charge in [-0.15, -0.1) is 0 Å². The predicted molar refractivity (Wildman–Crippen MR) is 128 cm³/mol. The zero-order valence-electron chi connectivity index (χ0n) is 17.5. The highest BCUT2D eigenvalue weighted by molar-refractivity contribution is 7.72. The van der Waals surface area contributed by atoms with Gasteiger partial charge in [0.05, 0.1) is 13.2 Å². The standard InChI is InChI=1S/C25H31O2S2/c1-3-5-10-16-26-21-14-15-22(23(18-21)27-17-11-6-4-2)25-19-24(28-29-25)20-12-8-7-9-13-20/h7-9,12-15,18-19H,3-6,10-11,16-17H2,1-2H3/q+1. The van der Waals surface area contributed by atoms with Gasteiger partial charge in [0, 0.05) is 23.3 Å². The molecule has 0 saturated carbocycles. The summed E-state index contributed by atoms with van der Waals surface area (Å²) in [6, 6.07) is 19.1. The molecule has 2 nitrogen and oxygen atoms in total. The fourth-order valence-corrected chi connectivity index (χ4v) is 5.57. The molecule has 3 aromatic rings. The molecule has 0 aliphatic rings. The Kier molecular flexibility index (Phi) is 8.97. The van der Waals surface area contributed by atoms with Crippen LogP contribution in [0.25, 0.3) is 20.9 Å². The molecule has 0 N–H and O–H groups in total. The van der Waals surface area contributed by atoms with E-state index in [1.165, 1.54) is 41.0 Å². The molecule has 1 aromatic heterocycles. The second-order valence-electron chi connectivity index (χ2n) is 7.17. The van der Waals surface area contributed by atoms with Gasteiger partial charge in [0.15, 0.2) is 10.3 Å². The Labute approximate surface area is 182 Å². The molecule has 0 saturated heterocycles. The molecule has 0 spiro atoms. The van der Waals surface area contributed by atoms with Gasteiger partial charge in [-0.2, -0.15) is 0 Å². The van der Waals surface area contributed by atoms with E-state index in [1.54, 1.807) is 10.3 Å². The summed E-state index contributed by atoms with van der Waals surface area (Å²) in [5.41, 5.74) is 2.42. The zero-order valence-corrected chi connectivity index (χ0v) is 19.1. The molecule has 3 rings (SSSR count). The number of benzene rings is 2. The number of hydrogen-bond donors (Lipinski definition) is 0. The van der Waals surface area contributed by atoms with Gasteiger partial charge >= 0.3 is 10.3 Å². The van der Waals surface area contributed by atoms with Crippen LogP contribution in [0, 0.1) is 0 Å². The lowest BCUT2D eigenvalue weighted by atomic mass is 10.1. The SMILES string of the molecule is CCCCCOc1ccc(-c2cc(-c3ccccc3)[s+]s2)c(OCCCCC)c1. The van der Waals surface area contributed by atoms with E-state index in [2.05, 4.69) is 68.4 Å². The van der Waals surface area contributed by atoms with E-state index in [1.807, 2.05) is 10.3 Å². The van der Waals surface area contributed by atoms with Crippen molar-refractivity contribution in [3.8, 4) is 32.4 Å². The van der Waals surface area contributed by atoms with Gasteiger partial charge in [-0.3, -0.25) is 0 Å². The largest absolute Gasteiger partial charge is 0.493 e. The lowest BCUT2D eigenvalue weighted by Gasteiger charge is -2.13. The van der Waals surface area contributed by atoms with Gasteiger partial charge in [0.1, 0.15) is 16.4 Å². The third kappa shape index (κ3) is 6.55. The van der Waals surface area contributed by atoms with Crippen LogP contribution >= 0.6 is 20.7 Å². The monoisotopic (exact) mass is 427 g/mol. The summed E-state index contributed by atoms with van der Waals surface area (Å²) in [6.07, 6.45) is 6.98. The van der Waals surface area contributed by atoms with Crippen molar-refractivity contribution in [2.75, 3.05) is 13.2 Å². The molecule has 29 heavy (non-hydrogen) atoms.